The smallest absolute Gasteiger partial charge is 0.143 e. The van der Waals surface area contributed by atoms with Crippen molar-refractivity contribution in [2.45, 2.75) is 0 Å². The number of pyridine rings is 3. The van der Waals surface area contributed by atoms with Gasteiger partial charge in [0.2, 0.25) is 0 Å². The first-order valence-electron chi connectivity index (χ1n) is 13.7. The molecule has 4 nitrogen and oxygen atoms in total. The van der Waals surface area contributed by atoms with Crippen LogP contribution in [0.2, 0.25) is 0 Å². The first-order valence-corrected chi connectivity index (χ1v) is 13.7. The van der Waals surface area contributed by atoms with Crippen LogP contribution in [0.15, 0.2) is 132 Å². The lowest BCUT2D eigenvalue weighted by molar-refractivity contribution is 0.670. The zero-order valence-electron chi connectivity index (χ0n) is 21.9. The Labute approximate surface area is 234 Å². The minimum absolute atomic E-state index is 0.891. The Kier molecular flexibility index (Phi) is 4.58. The summed E-state index contributed by atoms with van der Waals surface area (Å²) in [7, 11) is 0. The van der Waals surface area contributed by atoms with Gasteiger partial charge in [0.15, 0.2) is 0 Å². The van der Waals surface area contributed by atoms with Crippen molar-refractivity contribution in [3.8, 4) is 22.4 Å². The van der Waals surface area contributed by atoms with Gasteiger partial charge in [-0.1, -0.05) is 91.0 Å². The highest BCUT2D eigenvalue weighted by Crippen LogP contribution is 2.42. The van der Waals surface area contributed by atoms with E-state index in [9.17, 15) is 0 Å². The van der Waals surface area contributed by atoms with Crippen LogP contribution in [-0.2, 0) is 0 Å². The summed E-state index contributed by atoms with van der Waals surface area (Å²) in [4.78, 5) is 14.8. The van der Waals surface area contributed by atoms with Crippen LogP contribution >= 0.6 is 0 Å². The Morgan fingerprint density at radius 3 is 1.90 bits per heavy atom. The fraction of sp³-hybridized carbons (Fsp3) is 0. The molecule has 9 aromatic rings. The number of nitrogens with zero attached hydrogens (tertiary/aromatic N) is 3. The van der Waals surface area contributed by atoms with Crippen molar-refractivity contribution in [1.82, 2.24) is 15.0 Å². The van der Waals surface area contributed by atoms with Gasteiger partial charge in [0.1, 0.15) is 11.2 Å². The number of fused-ring (bicyclic) bond motifs is 11. The second-order valence-electron chi connectivity index (χ2n) is 10.4. The summed E-state index contributed by atoms with van der Waals surface area (Å²) in [6.07, 6.45) is 3.68. The highest BCUT2D eigenvalue weighted by atomic mass is 16.3. The van der Waals surface area contributed by atoms with Crippen LogP contribution in [0.5, 0.6) is 0 Å². The number of furan rings is 1. The number of para-hydroxylation sites is 3. The third-order valence-corrected chi connectivity index (χ3v) is 8.14. The van der Waals surface area contributed by atoms with Gasteiger partial charge in [-0.15, -0.1) is 0 Å². The molecule has 4 aromatic heterocycles. The van der Waals surface area contributed by atoms with Crippen molar-refractivity contribution >= 4 is 65.4 Å². The zero-order chi connectivity index (χ0) is 26.9. The Morgan fingerprint density at radius 2 is 1.10 bits per heavy atom. The summed E-state index contributed by atoms with van der Waals surface area (Å²) >= 11 is 0. The SMILES string of the molecule is c1ccc2c(c1)nc(-c1ccc(-c3cccc4c3oc3ccccc34)cc1)c1c3cccnc3c3ncccc3c21. The molecule has 0 N–H and O–H groups in total. The molecule has 0 unspecified atom stereocenters. The molecule has 0 spiro atoms. The van der Waals surface area contributed by atoms with Crippen LogP contribution in [0.25, 0.3) is 87.8 Å². The van der Waals surface area contributed by atoms with Crippen molar-refractivity contribution in [3.63, 3.8) is 0 Å². The van der Waals surface area contributed by atoms with Crippen LogP contribution < -0.4 is 0 Å². The summed E-state index contributed by atoms with van der Waals surface area (Å²) in [5, 5.41) is 7.77. The number of benzene rings is 5. The van der Waals surface area contributed by atoms with Gasteiger partial charge in [-0.2, -0.15) is 0 Å². The van der Waals surface area contributed by atoms with E-state index in [1.807, 2.05) is 42.7 Å². The number of hydrogen-bond acceptors (Lipinski definition) is 4. The predicted molar refractivity (Wildman–Crippen MR) is 168 cm³/mol. The fourth-order valence-corrected chi connectivity index (χ4v) is 6.34. The largest absolute Gasteiger partial charge is 0.455 e. The lowest BCUT2D eigenvalue weighted by atomic mass is 9.92. The van der Waals surface area contributed by atoms with E-state index in [0.717, 1.165) is 87.8 Å². The molecule has 0 fully saturated rings. The molecular formula is C37H21N3O. The molecule has 0 aliphatic carbocycles. The molecule has 0 bridgehead atoms. The maximum atomic E-state index is 6.32. The van der Waals surface area contributed by atoms with Crippen molar-refractivity contribution in [1.29, 1.82) is 0 Å². The maximum absolute atomic E-state index is 6.32. The van der Waals surface area contributed by atoms with Gasteiger partial charge in [-0.05, 0) is 29.8 Å². The molecule has 5 aromatic carbocycles. The lowest BCUT2D eigenvalue weighted by Crippen LogP contribution is -1.94. The molecule has 0 saturated carbocycles. The number of rotatable bonds is 2. The monoisotopic (exact) mass is 523 g/mol. The van der Waals surface area contributed by atoms with E-state index < -0.39 is 0 Å². The normalized spacial score (nSPS) is 11.9. The maximum Gasteiger partial charge on any atom is 0.143 e. The molecule has 41 heavy (non-hydrogen) atoms. The molecule has 9 rings (SSSR count). The third kappa shape index (κ3) is 3.19. The summed E-state index contributed by atoms with van der Waals surface area (Å²) in [6, 6.07) is 39.9. The van der Waals surface area contributed by atoms with E-state index in [1.54, 1.807) is 0 Å². The average molecular weight is 524 g/mol. The van der Waals surface area contributed by atoms with Crippen LogP contribution in [0.3, 0.4) is 0 Å². The Bertz CT molecular complexity index is 2480. The number of hydrogen-bond donors (Lipinski definition) is 0. The molecule has 0 aliphatic heterocycles. The van der Waals surface area contributed by atoms with Crippen LogP contribution in [0.4, 0.5) is 0 Å². The van der Waals surface area contributed by atoms with E-state index in [0.29, 0.717) is 0 Å². The first kappa shape index (κ1) is 22.2. The van der Waals surface area contributed by atoms with E-state index in [4.69, 9.17) is 19.4 Å². The van der Waals surface area contributed by atoms with E-state index in [-0.39, 0.29) is 0 Å². The quantitative estimate of drug-likeness (QED) is 0.212. The van der Waals surface area contributed by atoms with Crippen molar-refractivity contribution < 1.29 is 4.42 Å². The van der Waals surface area contributed by atoms with Crippen LogP contribution in [0, 0.1) is 0 Å². The Hall–Kier alpha value is -5.61. The average Bonchev–Trinajstić information content (AvgIpc) is 3.43. The van der Waals surface area contributed by atoms with Gasteiger partial charge in [0, 0.05) is 61.2 Å². The Morgan fingerprint density at radius 1 is 0.463 bits per heavy atom. The summed E-state index contributed by atoms with van der Waals surface area (Å²) in [6.45, 7) is 0. The lowest BCUT2D eigenvalue weighted by Gasteiger charge is -2.15. The predicted octanol–water partition coefficient (Wildman–Crippen LogP) is 9.72. The van der Waals surface area contributed by atoms with Gasteiger partial charge in [0.25, 0.3) is 0 Å². The second kappa shape index (κ2) is 8.44. The van der Waals surface area contributed by atoms with Crippen LogP contribution in [-0.4, -0.2) is 15.0 Å². The first-order chi connectivity index (χ1) is 20.3. The minimum atomic E-state index is 0.891. The van der Waals surface area contributed by atoms with Gasteiger partial charge in [-0.3, -0.25) is 9.97 Å². The second-order valence-corrected chi connectivity index (χ2v) is 10.4. The highest BCUT2D eigenvalue weighted by molar-refractivity contribution is 6.32. The molecule has 0 amide bonds. The van der Waals surface area contributed by atoms with Crippen LogP contribution in [0.1, 0.15) is 0 Å². The molecular weight excluding hydrogens is 502 g/mol. The topological polar surface area (TPSA) is 51.8 Å². The Balaban J connectivity index is 1.33. The van der Waals surface area contributed by atoms with Gasteiger partial charge < -0.3 is 4.42 Å². The highest BCUT2D eigenvalue weighted by Gasteiger charge is 2.19. The van der Waals surface area contributed by atoms with Gasteiger partial charge in [-0.25, -0.2) is 4.98 Å². The molecule has 4 heterocycles. The van der Waals surface area contributed by atoms with E-state index >= 15 is 0 Å². The molecule has 0 atom stereocenters. The van der Waals surface area contributed by atoms with Crippen molar-refractivity contribution in [2.75, 3.05) is 0 Å². The molecule has 4 heteroatoms. The van der Waals surface area contributed by atoms with Gasteiger partial charge in [0.05, 0.1) is 22.2 Å². The molecule has 0 aliphatic rings. The summed E-state index contributed by atoms with van der Waals surface area (Å²) in [5.74, 6) is 0. The van der Waals surface area contributed by atoms with Crippen molar-refractivity contribution in [3.05, 3.63) is 128 Å². The zero-order valence-corrected chi connectivity index (χ0v) is 21.9. The molecule has 0 radical (unpaired) electrons. The summed E-state index contributed by atoms with van der Waals surface area (Å²) in [5.41, 5.74) is 8.74. The standard InChI is InChI=1S/C37H21N3O/c1-3-14-30-27(9-1)32-28-12-6-20-38-35(28)36-29(13-7-21-39-36)33(32)34(40-30)23-18-16-22(17-19-23)24-10-5-11-26-25-8-2-4-15-31(25)41-37(24)26/h1-21H. The van der Waals surface area contributed by atoms with Crippen molar-refractivity contribution in [2.24, 2.45) is 0 Å². The van der Waals surface area contributed by atoms with E-state index in [1.165, 1.54) is 0 Å². The summed E-state index contributed by atoms with van der Waals surface area (Å²) < 4.78 is 6.32. The van der Waals surface area contributed by atoms with Gasteiger partial charge >= 0.3 is 0 Å². The minimum Gasteiger partial charge on any atom is -0.455 e. The fourth-order valence-electron chi connectivity index (χ4n) is 6.34. The number of aromatic nitrogens is 3. The van der Waals surface area contributed by atoms with E-state index in [2.05, 4.69) is 84.9 Å². The molecule has 0 saturated heterocycles. The molecule has 190 valence electrons. The third-order valence-electron chi connectivity index (χ3n) is 8.14.